The third kappa shape index (κ3) is 6.32. The van der Waals surface area contributed by atoms with Gasteiger partial charge in [-0.25, -0.2) is 0 Å². The summed E-state index contributed by atoms with van der Waals surface area (Å²) in [4.78, 5) is 26.1. The number of amides is 1. The molecule has 6 rings (SSSR count). The zero-order chi connectivity index (χ0) is 29.1. The number of aromatic nitrogens is 1. The lowest BCUT2D eigenvalue weighted by atomic mass is 9.85. The number of carbonyl (C=O) groups excluding carboxylic acids is 1. The second-order valence-electron chi connectivity index (χ2n) is 12.6. The molecule has 42 heavy (non-hydrogen) atoms. The number of hydrogen-bond acceptors (Lipinski definition) is 5. The van der Waals surface area contributed by atoms with E-state index in [1.807, 2.05) is 30.3 Å². The van der Waals surface area contributed by atoms with Crippen LogP contribution in [0.1, 0.15) is 96.9 Å². The van der Waals surface area contributed by atoms with Crippen LogP contribution >= 0.6 is 0 Å². The Hall–Kier alpha value is -3.42. The monoisotopic (exact) mass is 569 g/mol. The lowest BCUT2D eigenvalue weighted by Gasteiger charge is -2.41. The van der Waals surface area contributed by atoms with Gasteiger partial charge >= 0.3 is 0 Å². The highest BCUT2D eigenvalue weighted by Crippen LogP contribution is 2.47. The molecule has 2 saturated carbocycles. The lowest BCUT2D eigenvalue weighted by Crippen LogP contribution is -2.50. The van der Waals surface area contributed by atoms with Crippen molar-refractivity contribution in [3.8, 4) is 5.75 Å². The van der Waals surface area contributed by atoms with Gasteiger partial charge in [-0.1, -0.05) is 60.9 Å². The smallest absolute Gasteiger partial charge is 0.253 e. The minimum Gasteiger partial charge on any atom is -0.487 e. The van der Waals surface area contributed by atoms with Gasteiger partial charge in [-0.2, -0.15) is 0 Å². The first-order valence-electron chi connectivity index (χ1n) is 15.7. The summed E-state index contributed by atoms with van der Waals surface area (Å²) in [6, 6.07) is 19.1. The van der Waals surface area contributed by atoms with Crippen LogP contribution in [0.15, 0.2) is 71.7 Å². The van der Waals surface area contributed by atoms with Crippen LogP contribution in [-0.2, 0) is 6.42 Å². The quantitative estimate of drug-likeness (QED) is 0.321. The average molecular weight is 570 g/mol. The summed E-state index contributed by atoms with van der Waals surface area (Å²) >= 11 is 0. The Labute approximate surface area is 248 Å². The summed E-state index contributed by atoms with van der Waals surface area (Å²) < 4.78 is 8.29. The summed E-state index contributed by atoms with van der Waals surface area (Å²) in [5.74, 6) is 0.658. The molecule has 7 heteroatoms. The topological polar surface area (TPSA) is 92.6 Å². The van der Waals surface area contributed by atoms with E-state index in [0.29, 0.717) is 18.5 Å². The van der Waals surface area contributed by atoms with Crippen molar-refractivity contribution in [3.63, 3.8) is 0 Å². The Balaban J connectivity index is 1.20. The number of pyridine rings is 1. The number of aliphatic hydroxyl groups is 1. The van der Waals surface area contributed by atoms with E-state index >= 15 is 0 Å². The molecule has 0 saturated heterocycles. The molecule has 3 atom stereocenters. The number of nitrogens with zero attached hydrogens (tertiary/aromatic N) is 1. The van der Waals surface area contributed by atoms with E-state index in [0.717, 1.165) is 61.8 Å². The van der Waals surface area contributed by atoms with Gasteiger partial charge in [0.25, 0.3) is 11.5 Å². The zero-order valence-corrected chi connectivity index (χ0v) is 24.6. The van der Waals surface area contributed by atoms with Gasteiger partial charge in [0.15, 0.2) is 0 Å². The maximum atomic E-state index is 13.5. The Kier molecular flexibility index (Phi) is 8.50. The van der Waals surface area contributed by atoms with Gasteiger partial charge in [-0.05, 0) is 69.6 Å². The molecule has 222 valence electrons. The number of rotatable bonds is 9. The fourth-order valence-electron chi connectivity index (χ4n) is 7.21. The molecule has 0 bridgehead atoms. The summed E-state index contributed by atoms with van der Waals surface area (Å²) in [5, 5.41) is 18.3. The van der Waals surface area contributed by atoms with Crippen molar-refractivity contribution in [2.75, 3.05) is 6.54 Å². The minimum absolute atomic E-state index is 0.0597. The van der Waals surface area contributed by atoms with Gasteiger partial charge in [0, 0.05) is 42.9 Å². The van der Waals surface area contributed by atoms with Crippen LogP contribution in [-0.4, -0.2) is 39.9 Å². The van der Waals surface area contributed by atoms with Gasteiger partial charge < -0.3 is 25.0 Å². The Bertz CT molecular complexity index is 1440. The van der Waals surface area contributed by atoms with Crippen LogP contribution in [0.2, 0.25) is 0 Å². The van der Waals surface area contributed by atoms with Crippen LogP contribution in [0.4, 0.5) is 0 Å². The predicted octanol–water partition coefficient (Wildman–Crippen LogP) is 5.40. The van der Waals surface area contributed by atoms with Gasteiger partial charge in [0.1, 0.15) is 11.4 Å². The van der Waals surface area contributed by atoms with E-state index in [1.165, 1.54) is 24.5 Å². The second kappa shape index (κ2) is 12.4. The largest absolute Gasteiger partial charge is 0.487 e. The molecule has 7 nitrogen and oxygen atoms in total. The SMILES string of the molecule is Cc1ccc2c(c1)[C@@H](NC[C@@H](O)[C@H](Cc1ccccc1)NC(=O)c1ccc(=O)n(C3CCCC3)c1)CC1(CCCC1)O2. The number of nitrogens with one attached hydrogen (secondary N) is 2. The number of hydrogen-bond donors (Lipinski definition) is 3. The van der Waals surface area contributed by atoms with Crippen LogP contribution in [0.3, 0.4) is 0 Å². The summed E-state index contributed by atoms with van der Waals surface area (Å²) in [5.41, 5.74) is 3.57. The summed E-state index contributed by atoms with van der Waals surface area (Å²) in [6.07, 6.45) is 10.8. The van der Waals surface area contributed by atoms with E-state index in [9.17, 15) is 14.7 Å². The standard InChI is InChI=1S/C35H43N3O4/c1-24-13-15-32-28(19-24)30(21-35(42-32)17-7-8-18-35)36-22-31(39)29(20-25-9-3-2-4-10-25)37-34(41)26-14-16-33(40)38(23-26)27-11-5-6-12-27/h2-4,9-10,13-16,19,23,27,29-31,36,39H,5-8,11-12,17-18,20-22H2,1H3,(H,37,41)/t29-,30-,31+/m0/s1. The van der Waals surface area contributed by atoms with Crippen molar-refractivity contribution in [2.45, 2.75) is 101 Å². The van der Waals surface area contributed by atoms with Crippen molar-refractivity contribution in [3.05, 3.63) is 99.5 Å². The highest BCUT2D eigenvalue weighted by atomic mass is 16.5. The van der Waals surface area contributed by atoms with Gasteiger partial charge in [0.05, 0.1) is 17.7 Å². The minimum atomic E-state index is -0.828. The highest BCUT2D eigenvalue weighted by Gasteiger charge is 2.43. The van der Waals surface area contributed by atoms with Crippen LogP contribution in [0, 0.1) is 6.92 Å². The predicted molar refractivity (Wildman–Crippen MR) is 164 cm³/mol. The van der Waals surface area contributed by atoms with Crippen molar-refractivity contribution in [1.29, 1.82) is 0 Å². The molecule has 2 heterocycles. The van der Waals surface area contributed by atoms with E-state index in [4.69, 9.17) is 4.74 Å². The zero-order valence-electron chi connectivity index (χ0n) is 24.6. The van der Waals surface area contributed by atoms with Crippen molar-refractivity contribution < 1.29 is 14.6 Å². The number of aryl methyl sites for hydroxylation is 1. The normalized spacial score (nSPS) is 21.0. The average Bonchev–Trinajstić information content (AvgIpc) is 3.69. The summed E-state index contributed by atoms with van der Waals surface area (Å²) in [6.45, 7) is 2.42. The number of ether oxygens (including phenoxy) is 1. The second-order valence-corrected chi connectivity index (χ2v) is 12.6. The molecule has 2 aromatic carbocycles. The molecular weight excluding hydrogens is 526 g/mol. The fraction of sp³-hybridized carbons (Fsp3) is 0.486. The Morgan fingerprint density at radius 2 is 1.81 bits per heavy atom. The number of carbonyl (C=O) groups is 1. The molecule has 2 aliphatic carbocycles. The van der Waals surface area contributed by atoms with Crippen LogP contribution < -0.4 is 20.9 Å². The molecule has 1 aromatic heterocycles. The summed E-state index contributed by atoms with van der Waals surface area (Å²) in [7, 11) is 0. The molecular formula is C35H43N3O4. The molecule has 0 radical (unpaired) electrons. The maximum absolute atomic E-state index is 13.5. The molecule has 0 unspecified atom stereocenters. The van der Waals surface area contributed by atoms with E-state index in [-0.39, 0.29) is 29.2 Å². The molecule has 1 amide bonds. The van der Waals surface area contributed by atoms with Crippen LogP contribution in [0.5, 0.6) is 5.75 Å². The molecule has 1 aliphatic heterocycles. The van der Waals surface area contributed by atoms with E-state index in [1.54, 1.807) is 16.8 Å². The first-order valence-corrected chi connectivity index (χ1v) is 15.7. The van der Waals surface area contributed by atoms with Gasteiger partial charge in [-0.3, -0.25) is 9.59 Å². The lowest BCUT2D eigenvalue weighted by molar-refractivity contribution is 0.0326. The molecule has 2 fully saturated rings. The third-order valence-corrected chi connectivity index (χ3v) is 9.53. The van der Waals surface area contributed by atoms with E-state index < -0.39 is 12.1 Å². The Morgan fingerprint density at radius 1 is 1.05 bits per heavy atom. The molecule has 3 N–H and O–H groups in total. The van der Waals surface area contributed by atoms with E-state index in [2.05, 4.69) is 35.8 Å². The third-order valence-electron chi connectivity index (χ3n) is 9.53. The Morgan fingerprint density at radius 3 is 2.57 bits per heavy atom. The highest BCUT2D eigenvalue weighted by molar-refractivity contribution is 5.94. The van der Waals surface area contributed by atoms with Crippen molar-refractivity contribution >= 4 is 5.91 Å². The number of aliphatic hydroxyl groups excluding tert-OH is 1. The van der Waals surface area contributed by atoms with Crippen molar-refractivity contribution in [1.82, 2.24) is 15.2 Å². The molecule has 3 aromatic rings. The fourth-order valence-corrected chi connectivity index (χ4v) is 7.21. The first kappa shape index (κ1) is 28.7. The maximum Gasteiger partial charge on any atom is 0.253 e. The number of benzene rings is 2. The molecule has 1 spiro atoms. The molecule has 3 aliphatic rings. The first-order chi connectivity index (χ1) is 20.4. The number of fused-ring (bicyclic) bond motifs is 1. The van der Waals surface area contributed by atoms with Gasteiger partial charge in [0.2, 0.25) is 0 Å². The van der Waals surface area contributed by atoms with Crippen molar-refractivity contribution in [2.24, 2.45) is 0 Å². The van der Waals surface area contributed by atoms with Gasteiger partial charge in [-0.15, -0.1) is 0 Å². The van der Waals surface area contributed by atoms with Crippen LogP contribution in [0.25, 0.3) is 0 Å².